The van der Waals surface area contributed by atoms with Crippen molar-refractivity contribution in [2.45, 2.75) is 18.7 Å². The Bertz CT molecular complexity index is 1670. The molecule has 2 aromatic carbocycles. The van der Waals surface area contributed by atoms with Gasteiger partial charge in [-0.2, -0.15) is 16.4 Å². The number of anilines is 1. The molecule has 0 aliphatic carbocycles. The number of halogens is 1. The molecule has 0 spiro atoms. The van der Waals surface area contributed by atoms with Crippen molar-refractivity contribution in [3.05, 3.63) is 117 Å². The summed E-state index contributed by atoms with van der Waals surface area (Å²) in [6.45, 7) is 2.15. The summed E-state index contributed by atoms with van der Waals surface area (Å²) in [4.78, 5) is 32.9. The van der Waals surface area contributed by atoms with E-state index in [2.05, 4.69) is 21.7 Å². The van der Waals surface area contributed by atoms with Crippen LogP contribution < -0.4 is 10.2 Å². The van der Waals surface area contributed by atoms with Crippen molar-refractivity contribution >= 4 is 52.3 Å². The van der Waals surface area contributed by atoms with Crippen LogP contribution >= 0.6 is 34.7 Å². The Morgan fingerprint density at radius 1 is 1.07 bits per heavy atom. The zero-order chi connectivity index (χ0) is 28.3. The molecule has 0 radical (unpaired) electrons. The molecular weight excluding hydrogens is 574 g/mol. The minimum Gasteiger partial charge on any atom is -0.349 e. The zero-order valence-corrected chi connectivity index (χ0v) is 24.5. The van der Waals surface area contributed by atoms with Crippen LogP contribution in [0.1, 0.15) is 27.6 Å². The Morgan fingerprint density at radius 3 is 2.59 bits per heavy atom. The second kappa shape index (κ2) is 11.9. The van der Waals surface area contributed by atoms with Crippen LogP contribution in [0, 0.1) is 6.92 Å². The number of aryl methyl sites for hydroxylation is 1. The maximum Gasteiger partial charge on any atom is 0.240 e. The number of rotatable bonds is 7. The summed E-state index contributed by atoms with van der Waals surface area (Å²) < 4.78 is 1.80. The van der Waals surface area contributed by atoms with Gasteiger partial charge in [0, 0.05) is 22.3 Å². The second-order valence-electron chi connectivity index (χ2n) is 9.67. The second-order valence-corrected chi connectivity index (χ2v) is 12.0. The minimum absolute atomic E-state index is 0.146. The predicted molar refractivity (Wildman–Crippen MR) is 166 cm³/mol. The van der Waals surface area contributed by atoms with E-state index in [0.29, 0.717) is 10.8 Å². The standard InChI is InChI=1S/C31H26ClN5O2S2/c1-20-5-11-25(12-6-20)37-31-28(29(35-37)21-7-9-23(32)10-8-21)30(22-13-15-40-18-22)41-19-27(39)36(31)17-26(38)34-16-24-4-2-3-14-33-24/h2-15,18,30H,16-17,19H2,1H3,(H,34,38). The monoisotopic (exact) mass is 599 g/mol. The van der Waals surface area contributed by atoms with E-state index in [-0.39, 0.29) is 35.9 Å². The first-order valence-corrected chi connectivity index (χ1v) is 15.4. The Hall–Kier alpha value is -3.92. The molecule has 0 saturated heterocycles. The molecule has 10 heteroatoms. The van der Waals surface area contributed by atoms with Crippen LogP contribution in [0.3, 0.4) is 0 Å². The summed E-state index contributed by atoms with van der Waals surface area (Å²) in [7, 11) is 0. The molecule has 0 bridgehead atoms. The number of benzene rings is 2. The third-order valence-electron chi connectivity index (χ3n) is 6.83. The fraction of sp³-hybridized carbons (Fsp3) is 0.161. The summed E-state index contributed by atoms with van der Waals surface area (Å²) in [6, 6.07) is 23.2. The van der Waals surface area contributed by atoms with Gasteiger partial charge in [-0.3, -0.25) is 19.5 Å². The third-order valence-corrected chi connectivity index (χ3v) is 9.03. The first-order chi connectivity index (χ1) is 20.0. The summed E-state index contributed by atoms with van der Waals surface area (Å²) in [5.41, 5.74) is 6.26. The summed E-state index contributed by atoms with van der Waals surface area (Å²) in [5, 5.41) is 12.6. The van der Waals surface area contributed by atoms with Gasteiger partial charge in [0.2, 0.25) is 11.8 Å². The number of hydrogen-bond donors (Lipinski definition) is 1. The molecule has 41 heavy (non-hydrogen) atoms. The van der Waals surface area contributed by atoms with Crippen molar-refractivity contribution in [2.24, 2.45) is 0 Å². The number of thioether (sulfide) groups is 1. The van der Waals surface area contributed by atoms with Crippen molar-refractivity contribution in [3.8, 4) is 16.9 Å². The fourth-order valence-corrected chi connectivity index (χ4v) is 6.87. The van der Waals surface area contributed by atoms with E-state index in [1.54, 1.807) is 38.9 Å². The van der Waals surface area contributed by atoms with Crippen LogP contribution in [0.25, 0.3) is 16.9 Å². The lowest BCUT2D eigenvalue weighted by molar-refractivity contribution is -0.123. The SMILES string of the molecule is Cc1ccc(-n2nc(-c3ccc(Cl)cc3)c3c2N(CC(=O)NCc2ccccn2)C(=O)CSC3c2ccsc2)cc1. The first-order valence-electron chi connectivity index (χ1n) is 13.0. The number of thiophene rings is 1. The lowest BCUT2D eigenvalue weighted by atomic mass is 10.0. The maximum atomic E-state index is 13.8. The van der Waals surface area contributed by atoms with Gasteiger partial charge in [-0.15, -0.1) is 11.8 Å². The van der Waals surface area contributed by atoms with E-state index in [1.807, 2.05) is 79.0 Å². The van der Waals surface area contributed by atoms with E-state index in [0.717, 1.165) is 39.3 Å². The molecule has 206 valence electrons. The van der Waals surface area contributed by atoms with Crippen LogP contribution in [-0.2, 0) is 16.1 Å². The van der Waals surface area contributed by atoms with E-state index < -0.39 is 0 Å². The fourth-order valence-electron chi connectivity index (χ4n) is 4.78. The Labute approximate surface area is 251 Å². The number of hydrogen-bond acceptors (Lipinski definition) is 6. The van der Waals surface area contributed by atoms with E-state index in [4.69, 9.17) is 16.7 Å². The lowest BCUT2D eigenvalue weighted by Crippen LogP contribution is -2.42. The van der Waals surface area contributed by atoms with Crippen molar-refractivity contribution in [2.75, 3.05) is 17.2 Å². The number of carbonyl (C=O) groups excluding carboxylic acids is 2. The maximum absolute atomic E-state index is 13.8. The number of aromatic nitrogens is 3. The van der Waals surface area contributed by atoms with Crippen molar-refractivity contribution < 1.29 is 9.59 Å². The number of nitrogens with zero attached hydrogens (tertiary/aromatic N) is 4. The van der Waals surface area contributed by atoms with Gasteiger partial charge in [-0.1, -0.05) is 47.5 Å². The van der Waals surface area contributed by atoms with Crippen LogP contribution in [0.2, 0.25) is 5.02 Å². The average Bonchev–Trinajstić information content (AvgIpc) is 3.63. The Morgan fingerprint density at radius 2 is 1.88 bits per heavy atom. The predicted octanol–water partition coefficient (Wildman–Crippen LogP) is 6.44. The molecule has 0 fully saturated rings. The molecule has 1 atom stereocenters. The summed E-state index contributed by atoms with van der Waals surface area (Å²) in [6.07, 6.45) is 1.69. The highest BCUT2D eigenvalue weighted by atomic mass is 35.5. The van der Waals surface area contributed by atoms with Crippen LogP contribution in [0.5, 0.6) is 0 Å². The van der Waals surface area contributed by atoms with Crippen LogP contribution in [0.4, 0.5) is 5.82 Å². The van der Waals surface area contributed by atoms with Crippen molar-refractivity contribution in [1.29, 1.82) is 0 Å². The van der Waals surface area contributed by atoms with Crippen LogP contribution in [0.15, 0.2) is 89.8 Å². The smallest absolute Gasteiger partial charge is 0.240 e. The number of amides is 2. The van der Waals surface area contributed by atoms with Gasteiger partial charge in [0.15, 0.2) is 0 Å². The van der Waals surface area contributed by atoms with E-state index in [9.17, 15) is 9.59 Å². The molecule has 1 unspecified atom stereocenters. The highest BCUT2D eigenvalue weighted by Gasteiger charge is 2.37. The number of fused-ring (bicyclic) bond motifs is 1. The van der Waals surface area contributed by atoms with Gasteiger partial charge in [0.1, 0.15) is 12.4 Å². The number of nitrogens with one attached hydrogen (secondary N) is 1. The number of pyridine rings is 1. The molecule has 7 nitrogen and oxygen atoms in total. The van der Waals surface area contributed by atoms with Gasteiger partial charge >= 0.3 is 0 Å². The molecular formula is C31H26ClN5O2S2. The summed E-state index contributed by atoms with van der Waals surface area (Å²) >= 11 is 9.40. The quantitative estimate of drug-likeness (QED) is 0.233. The number of carbonyl (C=O) groups is 2. The van der Waals surface area contributed by atoms with Crippen molar-refractivity contribution in [1.82, 2.24) is 20.1 Å². The molecule has 2 amide bonds. The Balaban J connectivity index is 1.50. The topological polar surface area (TPSA) is 80.1 Å². The average molecular weight is 600 g/mol. The van der Waals surface area contributed by atoms with Gasteiger partial charge in [-0.05, 0) is 65.7 Å². The van der Waals surface area contributed by atoms with Gasteiger partial charge < -0.3 is 5.32 Å². The molecule has 5 aromatic rings. The summed E-state index contributed by atoms with van der Waals surface area (Å²) in [5.74, 6) is 0.381. The lowest BCUT2D eigenvalue weighted by Gasteiger charge is -2.23. The van der Waals surface area contributed by atoms with E-state index in [1.165, 1.54) is 0 Å². The highest BCUT2D eigenvalue weighted by molar-refractivity contribution is 8.00. The highest BCUT2D eigenvalue weighted by Crippen LogP contribution is 2.49. The molecule has 3 aromatic heterocycles. The zero-order valence-electron chi connectivity index (χ0n) is 22.2. The molecule has 4 heterocycles. The third kappa shape index (κ3) is 5.79. The van der Waals surface area contributed by atoms with Gasteiger partial charge in [-0.25, -0.2) is 4.68 Å². The Kier molecular flexibility index (Phi) is 7.91. The van der Waals surface area contributed by atoms with Gasteiger partial charge in [0.05, 0.1) is 34.6 Å². The minimum atomic E-state index is -0.279. The largest absolute Gasteiger partial charge is 0.349 e. The molecule has 0 saturated carbocycles. The van der Waals surface area contributed by atoms with E-state index >= 15 is 0 Å². The normalized spacial score (nSPS) is 14.9. The molecule has 1 aliphatic heterocycles. The van der Waals surface area contributed by atoms with Crippen molar-refractivity contribution in [3.63, 3.8) is 0 Å². The first kappa shape index (κ1) is 27.3. The van der Waals surface area contributed by atoms with Crippen LogP contribution in [-0.4, -0.2) is 38.9 Å². The molecule has 1 N–H and O–H groups in total. The molecule has 1 aliphatic rings. The van der Waals surface area contributed by atoms with Gasteiger partial charge in [0.25, 0.3) is 0 Å². The molecule has 6 rings (SSSR count).